The number of carbonyl (C=O) groups excluding carboxylic acids is 2. The van der Waals surface area contributed by atoms with Crippen LogP contribution in [0.2, 0.25) is 0 Å². The molecule has 5 heteroatoms. The van der Waals surface area contributed by atoms with Crippen LogP contribution in [-0.2, 0) is 19.1 Å². The van der Waals surface area contributed by atoms with E-state index in [2.05, 4.69) is 9.47 Å². The summed E-state index contributed by atoms with van der Waals surface area (Å²) in [6.45, 7) is 3.89. The Bertz CT molecular complexity index is 191. The average Bonchev–Trinajstić information content (AvgIpc) is 2.02. The van der Waals surface area contributed by atoms with Gasteiger partial charge in [0, 0.05) is 0 Å². The third-order valence-corrected chi connectivity index (χ3v) is 1.15. The summed E-state index contributed by atoms with van der Waals surface area (Å²) in [4.78, 5) is 21.4. The van der Waals surface area contributed by atoms with Crippen LogP contribution in [0.3, 0.4) is 0 Å². The maximum atomic E-state index is 11.1. The molecule has 0 saturated heterocycles. The van der Waals surface area contributed by atoms with Crippen LogP contribution in [0.15, 0.2) is 0 Å². The molecule has 5 nitrogen and oxygen atoms in total. The molecule has 0 saturated carbocycles. The normalized spacial score (nSPS) is 10.8. The zero-order valence-electron chi connectivity index (χ0n) is 7.99. The Balaban J connectivity index is 3.67. The quantitative estimate of drug-likeness (QED) is 0.503. The second-order valence-corrected chi connectivity index (χ2v) is 3.47. The fourth-order valence-electron chi connectivity index (χ4n) is 0.411. The molecule has 0 aliphatic carbocycles. The molecule has 1 N–H and O–H groups in total. The molecule has 0 bridgehead atoms. The van der Waals surface area contributed by atoms with E-state index in [1.165, 1.54) is 0 Å². The van der Waals surface area contributed by atoms with Crippen molar-refractivity contribution in [3.8, 4) is 0 Å². The summed E-state index contributed by atoms with van der Waals surface area (Å²) in [5.41, 5.74) is -0.619. The highest BCUT2D eigenvalue weighted by atomic mass is 16.7. The molecule has 0 unspecified atom stereocenters. The van der Waals surface area contributed by atoms with Gasteiger partial charge in [-0.05, 0) is 20.8 Å². The molecule has 13 heavy (non-hydrogen) atoms. The Kier molecular flexibility index (Phi) is 4.40. The first-order valence-corrected chi connectivity index (χ1v) is 3.81. The van der Waals surface area contributed by atoms with E-state index < -0.39 is 30.8 Å². The standard InChI is InChI=1S/C8H14O5/c1-8(2,3)7(11)13-5-12-6(10)4-9/h9H,4-5H2,1-3H3. The lowest BCUT2D eigenvalue weighted by Crippen LogP contribution is -2.25. The van der Waals surface area contributed by atoms with E-state index in [9.17, 15) is 9.59 Å². The maximum Gasteiger partial charge on any atom is 0.334 e. The minimum Gasteiger partial charge on any atom is -0.427 e. The number of hydrogen-bond acceptors (Lipinski definition) is 5. The van der Waals surface area contributed by atoms with E-state index in [1.807, 2.05) is 0 Å². The van der Waals surface area contributed by atoms with E-state index in [0.29, 0.717) is 0 Å². The number of hydrogen-bond donors (Lipinski definition) is 1. The molecule has 0 aromatic heterocycles. The van der Waals surface area contributed by atoms with E-state index in [-0.39, 0.29) is 0 Å². The first-order chi connectivity index (χ1) is 5.88. The van der Waals surface area contributed by atoms with Gasteiger partial charge in [0.2, 0.25) is 6.79 Å². The summed E-state index contributed by atoms with van der Waals surface area (Å²) in [7, 11) is 0. The Hall–Kier alpha value is -1.10. The van der Waals surface area contributed by atoms with Gasteiger partial charge in [0.1, 0.15) is 6.61 Å². The predicted octanol–water partition coefficient (Wildman–Crippen LogP) is 0.0687. The van der Waals surface area contributed by atoms with Crippen LogP contribution in [0.4, 0.5) is 0 Å². The van der Waals surface area contributed by atoms with Gasteiger partial charge in [-0.1, -0.05) is 0 Å². The number of ether oxygens (including phenoxy) is 2. The SMILES string of the molecule is CC(C)(C)C(=O)OCOC(=O)CO. The Labute approximate surface area is 76.6 Å². The van der Waals surface area contributed by atoms with Gasteiger partial charge in [-0.25, -0.2) is 4.79 Å². The lowest BCUT2D eigenvalue weighted by atomic mass is 9.98. The molecule has 0 atom stereocenters. The van der Waals surface area contributed by atoms with Crippen LogP contribution >= 0.6 is 0 Å². The Morgan fingerprint density at radius 2 is 1.77 bits per heavy atom. The molecule has 0 heterocycles. The minimum absolute atomic E-state index is 0.449. The largest absolute Gasteiger partial charge is 0.427 e. The van der Waals surface area contributed by atoms with Gasteiger partial charge >= 0.3 is 11.9 Å². The second kappa shape index (κ2) is 4.81. The van der Waals surface area contributed by atoms with Crippen LogP contribution in [-0.4, -0.2) is 30.4 Å². The second-order valence-electron chi connectivity index (χ2n) is 3.47. The van der Waals surface area contributed by atoms with Gasteiger partial charge in [0.25, 0.3) is 0 Å². The zero-order chi connectivity index (χ0) is 10.5. The highest BCUT2D eigenvalue weighted by molar-refractivity contribution is 5.75. The van der Waals surface area contributed by atoms with Gasteiger partial charge in [-0.15, -0.1) is 0 Å². The minimum atomic E-state index is -0.818. The van der Waals surface area contributed by atoms with Crippen molar-refractivity contribution in [3.05, 3.63) is 0 Å². The predicted molar refractivity (Wildman–Crippen MR) is 43.6 cm³/mol. The van der Waals surface area contributed by atoms with E-state index in [4.69, 9.17) is 5.11 Å². The number of rotatable bonds is 3. The average molecular weight is 190 g/mol. The van der Waals surface area contributed by atoms with Gasteiger partial charge in [0.15, 0.2) is 0 Å². The van der Waals surface area contributed by atoms with Crippen LogP contribution in [0, 0.1) is 5.41 Å². The molecular weight excluding hydrogens is 176 g/mol. The lowest BCUT2D eigenvalue weighted by Gasteiger charge is -2.15. The first-order valence-electron chi connectivity index (χ1n) is 3.81. The maximum absolute atomic E-state index is 11.1. The molecule has 0 radical (unpaired) electrons. The van der Waals surface area contributed by atoms with Crippen molar-refractivity contribution in [1.29, 1.82) is 0 Å². The number of aliphatic hydroxyl groups excluding tert-OH is 1. The number of aliphatic hydroxyl groups is 1. The summed E-state index contributed by atoms with van der Waals surface area (Å²) >= 11 is 0. The first kappa shape index (κ1) is 11.9. The van der Waals surface area contributed by atoms with Gasteiger partial charge < -0.3 is 14.6 Å². The van der Waals surface area contributed by atoms with Crippen molar-refractivity contribution in [2.24, 2.45) is 5.41 Å². The summed E-state index contributed by atoms with van der Waals surface area (Å²) in [5, 5.41) is 8.24. The summed E-state index contributed by atoms with van der Waals surface area (Å²) in [6.07, 6.45) is 0. The molecule has 0 rings (SSSR count). The molecule has 0 aliphatic heterocycles. The van der Waals surface area contributed by atoms with Crippen LogP contribution in [0.5, 0.6) is 0 Å². The molecule has 0 aromatic carbocycles. The Morgan fingerprint density at radius 3 is 2.15 bits per heavy atom. The van der Waals surface area contributed by atoms with Crippen LogP contribution < -0.4 is 0 Å². The summed E-state index contributed by atoms with van der Waals surface area (Å²) in [6, 6.07) is 0. The molecular formula is C8H14O5. The number of esters is 2. The molecule has 0 aliphatic rings. The topological polar surface area (TPSA) is 72.8 Å². The number of carbonyl (C=O) groups is 2. The Morgan fingerprint density at radius 1 is 1.23 bits per heavy atom. The fraction of sp³-hybridized carbons (Fsp3) is 0.750. The highest BCUT2D eigenvalue weighted by Gasteiger charge is 2.23. The third kappa shape index (κ3) is 5.19. The van der Waals surface area contributed by atoms with E-state index in [0.717, 1.165) is 0 Å². The monoisotopic (exact) mass is 190 g/mol. The van der Waals surface area contributed by atoms with Crippen LogP contribution in [0.25, 0.3) is 0 Å². The lowest BCUT2D eigenvalue weighted by molar-refractivity contribution is -0.174. The molecule has 76 valence electrons. The highest BCUT2D eigenvalue weighted by Crippen LogP contribution is 2.14. The van der Waals surface area contributed by atoms with E-state index in [1.54, 1.807) is 20.8 Å². The van der Waals surface area contributed by atoms with Crippen molar-refractivity contribution in [3.63, 3.8) is 0 Å². The van der Waals surface area contributed by atoms with Crippen molar-refractivity contribution < 1.29 is 24.2 Å². The fourth-order valence-corrected chi connectivity index (χ4v) is 0.411. The zero-order valence-corrected chi connectivity index (χ0v) is 7.99. The summed E-state index contributed by atoms with van der Waals surface area (Å²) < 4.78 is 8.91. The molecule has 0 aromatic rings. The third-order valence-electron chi connectivity index (χ3n) is 1.15. The van der Waals surface area contributed by atoms with Gasteiger partial charge in [0.05, 0.1) is 5.41 Å². The van der Waals surface area contributed by atoms with Crippen molar-refractivity contribution in [2.75, 3.05) is 13.4 Å². The molecule has 0 amide bonds. The van der Waals surface area contributed by atoms with Crippen molar-refractivity contribution in [1.82, 2.24) is 0 Å². The van der Waals surface area contributed by atoms with Crippen molar-refractivity contribution in [2.45, 2.75) is 20.8 Å². The van der Waals surface area contributed by atoms with Gasteiger partial charge in [-0.3, -0.25) is 4.79 Å². The smallest absolute Gasteiger partial charge is 0.334 e. The van der Waals surface area contributed by atoms with Crippen molar-refractivity contribution >= 4 is 11.9 Å². The summed E-state index contributed by atoms with van der Waals surface area (Å²) in [5.74, 6) is -1.28. The van der Waals surface area contributed by atoms with E-state index >= 15 is 0 Å². The van der Waals surface area contributed by atoms with Gasteiger partial charge in [-0.2, -0.15) is 0 Å². The molecule has 0 spiro atoms. The molecule has 0 fully saturated rings. The van der Waals surface area contributed by atoms with Crippen LogP contribution in [0.1, 0.15) is 20.8 Å².